The first kappa shape index (κ1) is 40.7. The smallest absolute Gasteiger partial charge is 0.309 e. The van der Waals surface area contributed by atoms with Crippen LogP contribution in [0, 0.1) is 29.6 Å². The minimum absolute atomic E-state index is 0.00606. The van der Waals surface area contributed by atoms with E-state index >= 15 is 0 Å². The number of carboxylic acids is 1. The normalized spacial score (nSPS) is 44.6. The highest BCUT2D eigenvalue weighted by atomic mass is 16.8. The summed E-state index contributed by atoms with van der Waals surface area (Å²) in [7, 11) is 0. The molecule has 51 heavy (non-hydrogen) atoms. The second kappa shape index (κ2) is 16.1. The van der Waals surface area contributed by atoms with Gasteiger partial charge in [0.1, 0.15) is 11.9 Å². The van der Waals surface area contributed by atoms with Gasteiger partial charge in [-0.3, -0.25) is 9.59 Å². The molecule has 2 spiro atoms. The van der Waals surface area contributed by atoms with E-state index in [0.717, 1.165) is 6.42 Å². The van der Waals surface area contributed by atoms with Crippen LogP contribution in [0.2, 0.25) is 0 Å². The van der Waals surface area contributed by atoms with Crippen LogP contribution in [0.3, 0.4) is 0 Å². The van der Waals surface area contributed by atoms with Gasteiger partial charge < -0.3 is 49.8 Å². The second-order valence-corrected chi connectivity index (χ2v) is 16.4. The van der Waals surface area contributed by atoms with E-state index in [2.05, 4.69) is 6.92 Å². The molecule has 5 aliphatic heterocycles. The van der Waals surface area contributed by atoms with Gasteiger partial charge in [-0.2, -0.15) is 0 Å². The van der Waals surface area contributed by atoms with Crippen LogP contribution < -0.4 is 5.73 Å². The molecule has 6 N–H and O–H groups in total. The molecule has 12 heteroatoms. The van der Waals surface area contributed by atoms with Gasteiger partial charge in [-0.25, -0.2) is 0 Å². The van der Waals surface area contributed by atoms with Crippen LogP contribution >= 0.6 is 0 Å². The van der Waals surface area contributed by atoms with Crippen LogP contribution in [0.15, 0.2) is 12.2 Å². The summed E-state index contributed by atoms with van der Waals surface area (Å²) in [4.78, 5) is 26.1. The monoisotopic (exact) mass is 723 g/mol. The number of rotatable bonds is 12. The first-order valence-electron chi connectivity index (χ1n) is 19.7. The van der Waals surface area contributed by atoms with Crippen LogP contribution in [0.4, 0.5) is 0 Å². The number of Topliss-reactive ketones (excluding diaryl/α,β-unsaturated/α-hetero) is 1. The van der Waals surface area contributed by atoms with Crippen molar-refractivity contribution in [3.63, 3.8) is 0 Å². The standard InChI is InChI=1S/C39H65NO11/c1-8-25(36(44)45)27-12-11-13-30(48-27)32(40)34(43)23(6)33(42)26(9-2)35-21(4)20-22(5)38(50-35)19-16-31(41)39(51-38)18-15-29(49-39)28-14-17-37(46,10-3)24(7)47-28/h16,19,21-32,34-35,41,43,46H,8-15,17-18,20,40H2,1-7H3,(H,44,45)/t21-,22+,23+,24-,25+,26-,27+,28+,29?,30+,31-,32+,34+,35-,37+,38+,39-/m0/s1. The van der Waals surface area contributed by atoms with Crippen molar-refractivity contribution in [2.75, 3.05) is 0 Å². The van der Waals surface area contributed by atoms with Crippen molar-refractivity contribution in [1.82, 2.24) is 0 Å². The number of aliphatic hydroxyl groups is 3. The number of carbonyl (C=O) groups excluding carboxylic acids is 1. The zero-order valence-electron chi connectivity index (χ0n) is 31.7. The third kappa shape index (κ3) is 7.87. The molecule has 0 aliphatic carbocycles. The zero-order chi connectivity index (χ0) is 37.5. The van der Waals surface area contributed by atoms with Crippen LogP contribution in [-0.4, -0.2) is 104 Å². The van der Waals surface area contributed by atoms with Crippen molar-refractivity contribution in [2.24, 2.45) is 35.3 Å². The molecule has 292 valence electrons. The highest BCUT2D eigenvalue weighted by Crippen LogP contribution is 2.51. The molecule has 0 radical (unpaired) electrons. The summed E-state index contributed by atoms with van der Waals surface area (Å²) < 4.78 is 32.7. The lowest BCUT2D eigenvalue weighted by Crippen LogP contribution is -2.62. The summed E-state index contributed by atoms with van der Waals surface area (Å²) in [5.74, 6) is -5.81. The Morgan fingerprint density at radius 1 is 0.941 bits per heavy atom. The quantitative estimate of drug-likeness (QED) is 0.181. The molecule has 0 aromatic rings. The fourth-order valence-corrected chi connectivity index (χ4v) is 9.62. The van der Waals surface area contributed by atoms with Crippen molar-refractivity contribution >= 4 is 11.8 Å². The minimum atomic E-state index is -1.35. The predicted molar refractivity (Wildman–Crippen MR) is 188 cm³/mol. The number of hydrogen-bond donors (Lipinski definition) is 5. The number of hydrogen-bond acceptors (Lipinski definition) is 11. The van der Waals surface area contributed by atoms with E-state index in [0.29, 0.717) is 64.2 Å². The molecule has 5 aliphatic rings. The van der Waals surface area contributed by atoms with E-state index in [1.165, 1.54) is 0 Å². The average Bonchev–Trinajstić information content (AvgIpc) is 3.53. The highest BCUT2D eigenvalue weighted by Gasteiger charge is 2.60. The number of ketones is 1. The molecule has 5 heterocycles. The number of aliphatic carboxylic acids is 1. The molecule has 0 aromatic heterocycles. The number of nitrogens with two attached hydrogens (primary N) is 1. The van der Waals surface area contributed by atoms with Gasteiger partial charge in [0.05, 0.1) is 60.3 Å². The molecule has 1 unspecified atom stereocenters. The highest BCUT2D eigenvalue weighted by molar-refractivity contribution is 5.84. The van der Waals surface area contributed by atoms with Crippen LogP contribution in [0.25, 0.3) is 0 Å². The van der Waals surface area contributed by atoms with Gasteiger partial charge >= 0.3 is 5.97 Å². The molecule has 0 saturated carbocycles. The molecular weight excluding hydrogens is 658 g/mol. The van der Waals surface area contributed by atoms with E-state index < -0.39 is 77.5 Å². The van der Waals surface area contributed by atoms with Gasteiger partial charge in [0.25, 0.3) is 0 Å². The fourth-order valence-electron chi connectivity index (χ4n) is 9.62. The number of carbonyl (C=O) groups is 2. The summed E-state index contributed by atoms with van der Waals surface area (Å²) in [6, 6.07) is -0.864. The van der Waals surface area contributed by atoms with Crippen LogP contribution in [0.5, 0.6) is 0 Å². The Kier molecular flexibility index (Phi) is 12.8. The Morgan fingerprint density at radius 3 is 2.24 bits per heavy atom. The largest absolute Gasteiger partial charge is 0.481 e. The Morgan fingerprint density at radius 2 is 1.61 bits per heavy atom. The molecule has 17 atom stereocenters. The molecular formula is C39H65NO11. The zero-order valence-corrected chi connectivity index (χ0v) is 31.7. The van der Waals surface area contributed by atoms with Gasteiger partial charge in [0.15, 0.2) is 5.79 Å². The van der Waals surface area contributed by atoms with E-state index in [1.54, 1.807) is 19.1 Å². The third-order valence-corrected chi connectivity index (χ3v) is 13.3. The molecule has 12 nitrogen and oxygen atoms in total. The van der Waals surface area contributed by atoms with Crippen molar-refractivity contribution in [3.8, 4) is 0 Å². The maximum atomic E-state index is 14.3. The maximum Gasteiger partial charge on any atom is 0.309 e. The van der Waals surface area contributed by atoms with E-state index in [1.807, 2.05) is 34.6 Å². The Balaban J connectivity index is 1.28. The van der Waals surface area contributed by atoms with Gasteiger partial charge in [-0.1, -0.05) is 41.5 Å². The van der Waals surface area contributed by atoms with E-state index in [-0.39, 0.29) is 35.9 Å². The summed E-state index contributed by atoms with van der Waals surface area (Å²) in [5, 5.41) is 43.3. The molecule has 0 aromatic carbocycles. The molecule has 4 fully saturated rings. The molecule has 5 rings (SSSR count). The van der Waals surface area contributed by atoms with Crippen molar-refractivity contribution in [1.29, 1.82) is 0 Å². The van der Waals surface area contributed by atoms with Crippen molar-refractivity contribution < 1.29 is 53.7 Å². The van der Waals surface area contributed by atoms with Crippen LogP contribution in [-0.2, 0) is 33.3 Å². The van der Waals surface area contributed by atoms with Gasteiger partial charge in [-0.05, 0) is 89.2 Å². The third-order valence-electron chi connectivity index (χ3n) is 13.3. The summed E-state index contributed by atoms with van der Waals surface area (Å²) >= 11 is 0. The number of carboxylic acid groups (broad SMARTS) is 1. The van der Waals surface area contributed by atoms with Gasteiger partial charge in [0.2, 0.25) is 5.79 Å². The lowest BCUT2D eigenvalue weighted by atomic mass is 9.74. The second-order valence-electron chi connectivity index (χ2n) is 16.4. The fraction of sp³-hybridized carbons (Fsp3) is 0.897. The SMILES string of the molecule is CC[C@@H](C(=O)[C@@H](C)[C@@H](O)[C@H](N)[C@H]1CCC[C@H]([C@@H](CC)C(=O)O)O1)[C@H]1O[C@@]2(C=C[C@H](O)[C@]3(CCC([C@H]4CC[C@](O)(CC)[C@H](C)O4)O3)O2)[C@H](C)C[C@@H]1C. The van der Waals surface area contributed by atoms with E-state index in [9.17, 15) is 30.0 Å². The Labute approximate surface area is 303 Å². The minimum Gasteiger partial charge on any atom is -0.481 e. The van der Waals surface area contributed by atoms with Crippen molar-refractivity contribution in [3.05, 3.63) is 12.2 Å². The molecule has 0 bridgehead atoms. The lowest BCUT2D eigenvalue weighted by molar-refractivity contribution is -0.401. The summed E-state index contributed by atoms with van der Waals surface area (Å²) in [5.41, 5.74) is 5.70. The lowest BCUT2D eigenvalue weighted by Gasteiger charge is -2.53. The topological polar surface area (TPSA) is 187 Å². The summed E-state index contributed by atoms with van der Waals surface area (Å²) in [6.07, 6.45) is 5.18. The first-order valence-corrected chi connectivity index (χ1v) is 19.7. The predicted octanol–water partition coefficient (Wildman–Crippen LogP) is 4.24. The first-order chi connectivity index (χ1) is 24.0. The number of ether oxygens (including phenoxy) is 5. The average molecular weight is 724 g/mol. The number of aliphatic hydroxyl groups excluding tert-OH is 2. The van der Waals surface area contributed by atoms with E-state index in [4.69, 9.17) is 29.4 Å². The summed E-state index contributed by atoms with van der Waals surface area (Å²) in [6.45, 7) is 13.4. The van der Waals surface area contributed by atoms with Crippen molar-refractivity contribution in [2.45, 2.75) is 191 Å². The molecule has 4 saturated heterocycles. The van der Waals surface area contributed by atoms with Crippen LogP contribution in [0.1, 0.15) is 119 Å². The van der Waals surface area contributed by atoms with Gasteiger partial charge in [0, 0.05) is 24.2 Å². The maximum absolute atomic E-state index is 14.3. The van der Waals surface area contributed by atoms with Gasteiger partial charge in [-0.15, -0.1) is 0 Å². The Hall–Kier alpha value is -1.48. The molecule has 0 amide bonds. The Bertz CT molecular complexity index is 1250.